The lowest BCUT2D eigenvalue weighted by molar-refractivity contribution is -0.117. The number of nitrogens with one attached hydrogen (secondary N) is 2. The van der Waals surface area contributed by atoms with Crippen LogP contribution in [0.15, 0.2) is 0 Å². The predicted octanol–water partition coefficient (Wildman–Crippen LogP) is -0.0993. The third kappa shape index (κ3) is 18.4. The highest BCUT2D eigenvalue weighted by molar-refractivity contribution is 7.80. The van der Waals surface area contributed by atoms with Gasteiger partial charge in [0.15, 0.2) is 0 Å². The van der Waals surface area contributed by atoms with E-state index in [0.29, 0.717) is 0 Å². The zero-order chi connectivity index (χ0) is 10.9. The average Bonchev–Trinajstić information content (AvgIpc) is 2.04. The monoisotopic (exact) mass is 226 g/mol. The Hall–Kier alpha value is -0.530. The first-order valence-corrected chi connectivity index (χ1v) is 4.84. The van der Waals surface area contributed by atoms with E-state index >= 15 is 0 Å². The van der Waals surface area contributed by atoms with Crippen LogP contribution >= 0.6 is 12.2 Å². The van der Waals surface area contributed by atoms with Crippen molar-refractivity contribution < 1.29 is 13.2 Å². The van der Waals surface area contributed by atoms with Crippen LogP contribution in [-0.2, 0) is 20.2 Å². The van der Waals surface area contributed by atoms with E-state index in [1.54, 1.807) is 0 Å². The van der Waals surface area contributed by atoms with Crippen molar-refractivity contribution in [3.63, 3.8) is 0 Å². The molecule has 0 aromatic heterocycles. The summed E-state index contributed by atoms with van der Waals surface area (Å²) in [7, 11) is 3.05. The average molecular weight is 226 g/mol. The van der Waals surface area contributed by atoms with E-state index in [1.165, 1.54) is 14.0 Å². The largest absolute Gasteiger partial charge is 0.383 e. The molecule has 1 atom stereocenters. The van der Waals surface area contributed by atoms with Gasteiger partial charge in [-0.25, -0.2) is 4.21 Å². The number of amides is 1. The van der Waals surface area contributed by atoms with Crippen LogP contribution < -0.4 is 10.0 Å². The van der Waals surface area contributed by atoms with Crippen molar-refractivity contribution in [3.8, 4) is 0 Å². The van der Waals surface area contributed by atoms with Crippen LogP contribution in [0, 0.1) is 0 Å². The Kier molecular flexibility index (Phi) is 11.0. The predicted molar refractivity (Wildman–Crippen MR) is 56.3 cm³/mol. The summed E-state index contributed by atoms with van der Waals surface area (Å²) >= 11 is 2.93. The molecule has 2 N–H and O–H groups in total. The fraction of sp³-hybridized carbons (Fsp3) is 0.667. The first-order chi connectivity index (χ1) is 5.93. The fourth-order valence-corrected chi connectivity index (χ4v) is 0.477. The lowest BCUT2D eigenvalue weighted by Gasteiger charge is -1.94. The Bertz CT molecular complexity index is 196. The van der Waals surface area contributed by atoms with Gasteiger partial charge in [0.05, 0.1) is 12.1 Å². The smallest absolute Gasteiger partial charge is 0.263 e. The molecule has 0 aliphatic carbocycles. The van der Waals surface area contributed by atoms with Gasteiger partial charge < -0.3 is 5.32 Å². The third-order valence-electron chi connectivity index (χ3n) is 0.730. The number of hydrogen-bond acceptors (Lipinski definition) is 4. The van der Waals surface area contributed by atoms with E-state index in [9.17, 15) is 9.00 Å². The summed E-state index contributed by atoms with van der Waals surface area (Å²) < 4.78 is 16.4. The van der Waals surface area contributed by atoms with Crippen LogP contribution in [-0.4, -0.2) is 29.3 Å². The standard InChI is InChI=1S/C3H7NO3S.C3H7NS/c1-3(5)4-8(6)7-2;1-3(5)4-2/h1-2H3,(H,4,5);1-2H3,(H,4,5). The zero-order valence-electron chi connectivity index (χ0n) is 8.04. The second kappa shape index (κ2) is 9.56. The van der Waals surface area contributed by atoms with E-state index in [2.05, 4.69) is 21.7 Å². The van der Waals surface area contributed by atoms with Gasteiger partial charge in [-0.05, 0) is 6.92 Å². The Morgan fingerprint density at radius 1 is 1.46 bits per heavy atom. The zero-order valence-corrected chi connectivity index (χ0v) is 9.67. The van der Waals surface area contributed by atoms with Crippen LogP contribution in [0.5, 0.6) is 0 Å². The summed E-state index contributed by atoms with van der Waals surface area (Å²) in [6.07, 6.45) is 0. The van der Waals surface area contributed by atoms with Gasteiger partial charge in [0.1, 0.15) is 0 Å². The SMILES string of the molecule is CNC(C)=S.COS(=O)NC(C)=O. The summed E-state index contributed by atoms with van der Waals surface area (Å²) in [5, 5.41) is 2.76. The second-order valence-electron chi connectivity index (χ2n) is 1.87. The Morgan fingerprint density at radius 3 is 1.92 bits per heavy atom. The molecule has 0 bridgehead atoms. The van der Waals surface area contributed by atoms with Gasteiger partial charge in [-0.2, -0.15) is 0 Å². The molecule has 0 radical (unpaired) electrons. The molecule has 5 nitrogen and oxygen atoms in total. The van der Waals surface area contributed by atoms with Gasteiger partial charge >= 0.3 is 0 Å². The molecule has 78 valence electrons. The summed E-state index contributed by atoms with van der Waals surface area (Å²) in [6.45, 7) is 3.10. The fourth-order valence-electron chi connectivity index (χ4n) is 0.159. The molecule has 7 heteroatoms. The Labute approximate surface area is 86.0 Å². The lowest BCUT2D eigenvalue weighted by Crippen LogP contribution is -2.22. The Morgan fingerprint density at radius 2 is 1.85 bits per heavy atom. The molecule has 0 heterocycles. The number of carbonyl (C=O) groups excluding carboxylic acids is 1. The van der Waals surface area contributed by atoms with Crippen molar-refractivity contribution in [2.45, 2.75) is 13.8 Å². The van der Waals surface area contributed by atoms with E-state index in [0.717, 1.165) is 4.99 Å². The van der Waals surface area contributed by atoms with Crippen molar-refractivity contribution in [1.29, 1.82) is 0 Å². The van der Waals surface area contributed by atoms with E-state index in [4.69, 9.17) is 0 Å². The molecule has 13 heavy (non-hydrogen) atoms. The second-order valence-corrected chi connectivity index (χ2v) is 3.49. The van der Waals surface area contributed by atoms with Crippen molar-refractivity contribution in [1.82, 2.24) is 10.0 Å². The van der Waals surface area contributed by atoms with Crippen LogP contribution in [0.25, 0.3) is 0 Å². The highest BCUT2D eigenvalue weighted by Gasteiger charge is 1.95. The molecule has 0 saturated heterocycles. The van der Waals surface area contributed by atoms with Gasteiger partial charge in [-0.1, -0.05) is 12.2 Å². The van der Waals surface area contributed by atoms with E-state index in [-0.39, 0.29) is 5.91 Å². The van der Waals surface area contributed by atoms with Crippen molar-refractivity contribution >= 4 is 34.4 Å². The van der Waals surface area contributed by atoms with Crippen LogP contribution in [0.3, 0.4) is 0 Å². The topological polar surface area (TPSA) is 67.4 Å². The molecular formula is C6H14N2O3S2. The molecule has 0 rings (SSSR count). The summed E-state index contributed by atoms with van der Waals surface area (Å²) in [5.74, 6) is -0.370. The van der Waals surface area contributed by atoms with Gasteiger partial charge in [0, 0.05) is 14.0 Å². The van der Waals surface area contributed by atoms with Crippen LogP contribution in [0.4, 0.5) is 0 Å². The van der Waals surface area contributed by atoms with Gasteiger partial charge in [0.2, 0.25) is 5.91 Å². The maximum atomic E-state index is 10.2. The quantitative estimate of drug-likeness (QED) is 0.644. The minimum Gasteiger partial charge on any atom is -0.383 e. The third-order valence-corrected chi connectivity index (χ3v) is 1.69. The molecule has 0 spiro atoms. The maximum Gasteiger partial charge on any atom is 0.263 e. The molecule has 0 aromatic rings. The minimum atomic E-state index is -1.66. The number of thiocarbonyl (C=S) groups is 1. The molecule has 0 fully saturated rings. The molecule has 1 unspecified atom stereocenters. The highest BCUT2D eigenvalue weighted by Crippen LogP contribution is 1.71. The number of carbonyl (C=O) groups is 1. The summed E-state index contributed by atoms with van der Waals surface area (Å²) in [5.41, 5.74) is 0. The molecular weight excluding hydrogens is 212 g/mol. The number of hydrogen-bond donors (Lipinski definition) is 2. The maximum absolute atomic E-state index is 10.2. The summed E-state index contributed by atoms with van der Waals surface area (Å²) in [6, 6.07) is 0. The normalized spacial score (nSPS) is 10.5. The highest BCUT2D eigenvalue weighted by atomic mass is 32.2. The molecule has 0 aliphatic heterocycles. The first-order valence-electron chi connectivity index (χ1n) is 3.35. The van der Waals surface area contributed by atoms with Gasteiger partial charge in [-0.15, -0.1) is 0 Å². The van der Waals surface area contributed by atoms with Crippen LogP contribution in [0.2, 0.25) is 0 Å². The lowest BCUT2D eigenvalue weighted by atomic mass is 10.8. The van der Waals surface area contributed by atoms with Gasteiger partial charge in [0.25, 0.3) is 11.3 Å². The Balaban J connectivity index is 0. The molecule has 1 amide bonds. The van der Waals surface area contributed by atoms with Crippen molar-refractivity contribution in [3.05, 3.63) is 0 Å². The summed E-state index contributed by atoms with van der Waals surface area (Å²) in [4.78, 5) is 10.9. The first kappa shape index (κ1) is 15.0. The molecule has 0 aliphatic rings. The van der Waals surface area contributed by atoms with E-state index in [1.807, 2.05) is 18.7 Å². The van der Waals surface area contributed by atoms with Crippen molar-refractivity contribution in [2.75, 3.05) is 14.2 Å². The van der Waals surface area contributed by atoms with Gasteiger partial charge in [-0.3, -0.25) is 13.7 Å². The number of rotatable bonds is 2. The van der Waals surface area contributed by atoms with Crippen LogP contribution in [0.1, 0.15) is 13.8 Å². The van der Waals surface area contributed by atoms with Crippen molar-refractivity contribution in [2.24, 2.45) is 0 Å². The molecule has 0 saturated carbocycles. The minimum absolute atomic E-state index is 0.370. The molecule has 0 aromatic carbocycles. The van der Waals surface area contributed by atoms with E-state index < -0.39 is 11.3 Å².